The normalized spacial score (nSPS) is 10.3. The summed E-state index contributed by atoms with van der Waals surface area (Å²) >= 11 is 0. The number of nitrogens with one attached hydrogen (secondary N) is 1. The fourth-order valence-electron chi connectivity index (χ4n) is 2.39. The number of hydrogen-bond acceptors (Lipinski definition) is 5. The van der Waals surface area contributed by atoms with Crippen molar-refractivity contribution in [2.45, 2.75) is 0 Å². The third-order valence-electron chi connectivity index (χ3n) is 3.61. The molecule has 0 fully saturated rings. The quantitative estimate of drug-likeness (QED) is 0.423. The van der Waals surface area contributed by atoms with Crippen LogP contribution < -0.4 is 10.1 Å². The lowest BCUT2D eigenvalue weighted by Crippen LogP contribution is -2.01. The highest BCUT2D eigenvalue weighted by Gasteiger charge is 2.13. The van der Waals surface area contributed by atoms with Crippen LogP contribution in [0, 0.1) is 10.1 Å². The Balaban J connectivity index is 2.07. The Labute approximate surface area is 142 Å². The molecule has 0 aliphatic heterocycles. The van der Waals surface area contributed by atoms with Gasteiger partial charge in [-0.15, -0.1) is 5.10 Å². The van der Waals surface area contributed by atoms with Gasteiger partial charge in [0.1, 0.15) is 5.75 Å². The number of nitro groups is 1. The van der Waals surface area contributed by atoms with Crippen LogP contribution >= 0.6 is 0 Å². The van der Waals surface area contributed by atoms with E-state index in [1.165, 1.54) is 12.1 Å². The number of amides is 1. The van der Waals surface area contributed by atoms with Gasteiger partial charge in [0.2, 0.25) is 6.41 Å². The van der Waals surface area contributed by atoms with Crippen molar-refractivity contribution in [1.82, 2.24) is 9.78 Å². The van der Waals surface area contributed by atoms with E-state index in [1.807, 2.05) is 24.3 Å². The molecule has 1 aromatic heterocycles. The van der Waals surface area contributed by atoms with Crippen LogP contribution in [0.15, 0.2) is 54.6 Å². The molecule has 0 saturated carbocycles. The largest absolute Gasteiger partial charge is 0.497 e. The Morgan fingerprint density at radius 3 is 2.40 bits per heavy atom. The van der Waals surface area contributed by atoms with E-state index in [4.69, 9.17) is 4.74 Å². The minimum absolute atomic E-state index is 0.00635. The second-order valence-electron chi connectivity index (χ2n) is 5.09. The number of carbonyl (C=O) groups excluding carboxylic acids is 1. The molecule has 126 valence electrons. The topological polar surface area (TPSA) is 99.3 Å². The zero-order valence-corrected chi connectivity index (χ0v) is 13.2. The monoisotopic (exact) mass is 338 g/mol. The molecule has 0 aliphatic carbocycles. The van der Waals surface area contributed by atoms with E-state index in [1.54, 1.807) is 30.0 Å². The first-order chi connectivity index (χ1) is 12.1. The standard InChI is InChI=1S/C17H14N4O4/c1-25-15-8-2-12(3-9-15)16-10-17(18-11-22)19-20(16)13-4-6-14(7-5-13)21(23)24/h2-11H,1H3,(H,18,19,22). The van der Waals surface area contributed by atoms with Crippen molar-refractivity contribution in [2.24, 2.45) is 0 Å². The number of aromatic nitrogens is 2. The van der Waals surface area contributed by atoms with Crippen molar-refractivity contribution in [1.29, 1.82) is 0 Å². The number of methoxy groups -OCH3 is 1. The van der Waals surface area contributed by atoms with Gasteiger partial charge in [-0.1, -0.05) is 0 Å². The van der Waals surface area contributed by atoms with Crippen LogP contribution in [-0.2, 0) is 4.79 Å². The average molecular weight is 338 g/mol. The maximum Gasteiger partial charge on any atom is 0.269 e. The molecule has 1 N–H and O–H groups in total. The first-order valence-electron chi connectivity index (χ1n) is 7.32. The Morgan fingerprint density at radius 2 is 1.84 bits per heavy atom. The predicted octanol–water partition coefficient (Wildman–Crippen LogP) is 3.02. The molecule has 1 heterocycles. The SMILES string of the molecule is COc1ccc(-c2cc(NC=O)nn2-c2ccc([N+](=O)[O-])cc2)cc1. The van der Waals surface area contributed by atoms with Gasteiger partial charge in [0.25, 0.3) is 5.69 Å². The summed E-state index contributed by atoms with van der Waals surface area (Å²) in [5.41, 5.74) is 2.20. The van der Waals surface area contributed by atoms with Gasteiger partial charge in [-0.05, 0) is 36.4 Å². The van der Waals surface area contributed by atoms with Crippen molar-refractivity contribution < 1.29 is 14.5 Å². The molecule has 25 heavy (non-hydrogen) atoms. The van der Waals surface area contributed by atoms with E-state index < -0.39 is 4.92 Å². The number of anilines is 1. The average Bonchev–Trinajstić information content (AvgIpc) is 3.06. The number of non-ortho nitro benzene ring substituents is 1. The fraction of sp³-hybridized carbons (Fsp3) is 0.0588. The van der Waals surface area contributed by atoms with Crippen LogP contribution in [0.5, 0.6) is 5.75 Å². The van der Waals surface area contributed by atoms with E-state index in [0.29, 0.717) is 17.9 Å². The van der Waals surface area contributed by atoms with E-state index in [9.17, 15) is 14.9 Å². The summed E-state index contributed by atoms with van der Waals surface area (Å²) < 4.78 is 6.76. The molecule has 0 spiro atoms. The molecule has 0 bridgehead atoms. The summed E-state index contributed by atoms with van der Waals surface area (Å²) in [7, 11) is 1.59. The van der Waals surface area contributed by atoms with Crippen LogP contribution in [-0.4, -0.2) is 28.2 Å². The third-order valence-corrected chi connectivity index (χ3v) is 3.61. The van der Waals surface area contributed by atoms with Gasteiger partial charge in [-0.25, -0.2) is 4.68 Å². The fourth-order valence-corrected chi connectivity index (χ4v) is 2.39. The van der Waals surface area contributed by atoms with Crippen molar-refractivity contribution in [3.05, 3.63) is 64.7 Å². The van der Waals surface area contributed by atoms with E-state index in [0.717, 1.165) is 17.0 Å². The second kappa shape index (κ2) is 6.83. The van der Waals surface area contributed by atoms with Crippen LogP contribution in [0.1, 0.15) is 0 Å². The van der Waals surface area contributed by atoms with Gasteiger partial charge in [0.05, 0.1) is 23.4 Å². The number of ether oxygens (including phenoxy) is 1. The van der Waals surface area contributed by atoms with Gasteiger partial charge < -0.3 is 10.1 Å². The Morgan fingerprint density at radius 1 is 1.16 bits per heavy atom. The maximum absolute atomic E-state index is 10.8. The van der Waals surface area contributed by atoms with Crippen LogP contribution in [0.3, 0.4) is 0 Å². The molecular formula is C17H14N4O4. The van der Waals surface area contributed by atoms with E-state index >= 15 is 0 Å². The van der Waals surface area contributed by atoms with Crippen LogP contribution in [0.4, 0.5) is 11.5 Å². The molecule has 0 unspecified atom stereocenters. The molecule has 8 nitrogen and oxygen atoms in total. The smallest absolute Gasteiger partial charge is 0.269 e. The molecular weight excluding hydrogens is 324 g/mol. The van der Waals surface area contributed by atoms with Crippen molar-refractivity contribution in [3.8, 4) is 22.7 Å². The summed E-state index contributed by atoms with van der Waals surface area (Å²) in [5.74, 6) is 1.09. The first kappa shape index (κ1) is 16.2. The summed E-state index contributed by atoms with van der Waals surface area (Å²) in [6.07, 6.45) is 0.542. The summed E-state index contributed by atoms with van der Waals surface area (Å²) in [5, 5.41) is 17.7. The first-order valence-corrected chi connectivity index (χ1v) is 7.32. The predicted molar refractivity (Wildman–Crippen MR) is 91.9 cm³/mol. The zero-order chi connectivity index (χ0) is 17.8. The number of nitro benzene ring substituents is 1. The molecule has 8 heteroatoms. The number of rotatable bonds is 6. The highest BCUT2D eigenvalue weighted by atomic mass is 16.6. The Hall–Kier alpha value is -3.68. The second-order valence-corrected chi connectivity index (χ2v) is 5.09. The third kappa shape index (κ3) is 3.32. The molecule has 3 rings (SSSR count). The molecule has 0 aliphatic rings. The van der Waals surface area contributed by atoms with Crippen LogP contribution in [0.2, 0.25) is 0 Å². The van der Waals surface area contributed by atoms with Gasteiger partial charge in [0, 0.05) is 23.8 Å². The van der Waals surface area contributed by atoms with E-state index in [-0.39, 0.29) is 5.69 Å². The Bertz CT molecular complexity index is 901. The maximum atomic E-state index is 10.8. The minimum Gasteiger partial charge on any atom is -0.497 e. The lowest BCUT2D eigenvalue weighted by Gasteiger charge is -2.08. The van der Waals surface area contributed by atoms with Gasteiger partial charge in [0.15, 0.2) is 5.82 Å². The van der Waals surface area contributed by atoms with Gasteiger partial charge >= 0.3 is 0 Å². The lowest BCUT2D eigenvalue weighted by atomic mass is 10.1. The molecule has 0 saturated heterocycles. The zero-order valence-electron chi connectivity index (χ0n) is 13.2. The molecule has 1 amide bonds. The number of benzene rings is 2. The molecule has 0 radical (unpaired) electrons. The summed E-state index contributed by atoms with van der Waals surface area (Å²) in [6.45, 7) is 0. The van der Waals surface area contributed by atoms with Gasteiger partial charge in [-0.3, -0.25) is 14.9 Å². The minimum atomic E-state index is -0.462. The highest BCUT2D eigenvalue weighted by Crippen LogP contribution is 2.28. The number of carbonyl (C=O) groups is 1. The molecule has 2 aromatic carbocycles. The number of nitrogens with zero attached hydrogens (tertiary/aromatic N) is 3. The van der Waals surface area contributed by atoms with Crippen molar-refractivity contribution in [2.75, 3.05) is 12.4 Å². The van der Waals surface area contributed by atoms with Crippen molar-refractivity contribution >= 4 is 17.9 Å². The van der Waals surface area contributed by atoms with Crippen molar-refractivity contribution in [3.63, 3.8) is 0 Å². The van der Waals surface area contributed by atoms with E-state index in [2.05, 4.69) is 10.4 Å². The summed E-state index contributed by atoms with van der Waals surface area (Å²) in [6, 6.07) is 15.1. The highest BCUT2D eigenvalue weighted by molar-refractivity contribution is 5.74. The Kier molecular flexibility index (Phi) is 4.42. The summed E-state index contributed by atoms with van der Waals surface area (Å²) in [4.78, 5) is 21.1. The molecule has 0 atom stereocenters. The van der Waals surface area contributed by atoms with Crippen LogP contribution in [0.25, 0.3) is 16.9 Å². The number of hydrogen-bond donors (Lipinski definition) is 1. The molecule has 3 aromatic rings. The van der Waals surface area contributed by atoms with Gasteiger partial charge in [-0.2, -0.15) is 0 Å². The lowest BCUT2D eigenvalue weighted by molar-refractivity contribution is -0.384.